The number of aromatic amines is 2. The van der Waals surface area contributed by atoms with Gasteiger partial charge in [0.05, 0.1) is 5.56 Å². The molecule has 0 saturated heterocycles. The van der Waals surface area contributed by atoms with Crippen LogP contribution in [0.25, 0.3) is 17.3 Å². The first kappa shape index (κ1) is 13.2. The van der Waals surface area contributed by atoms with E-state index < -0.39 is 11.2 Å². The molecular weight excluding hydrogens is 268 g/mol. The molecule has 0 unspecified atom stereocenters. The van der Waals surface area contributed by atoms with Crippen LogP contribution < -0.4 is 11.2 Å². The fourth-order valence-corrected chi connectivity index (χ4v) is 1.64. The fraction of sp³-hybridized carbons (Fsp3) is 0.167. The molecular formula is C12H11ClN4O2. The molecule has 2 N–H and O–H groups in total. The van der Waals surface area contributed by atoms with E-state index >= 15 is 0 Å². The van der Waals surface area contributed by atoms with E-state index in [0.29, 0.717) is 11.3 Å². The minimum atomic E-state index is -0.568. The van der Waals surface area contributed by atoms with E-state index in [4.69, 9.17) is 11.6 Å². The summed E-state index contributed by atoms with van der Waals surface area (Å²) in [6.07, 6.45) is 5.88. The maximum atomic E-state index is 11.7. The third kappa shape index (κ3) is 2.97. The summed E-state index contributed by atoms with van der Waals surface area (Å²) < 4.78 is 0. The minimum Gasteiger partial charge on any atom is -0.313 e. The molecule has 0 aromatic carbocycles. The van der Waals surface area contributed by atoms with E-state index in [2.05, 4.69) is 20.2 Å². The van der Waals surface area contributed by atoms with Gasteiger partial charge in [-0.1, -0.05) is 30.7 Å². The van der Waals surface area contributed by atoms with Crippen LogP contribution in [-0.2, 0) is 0 Å². The number of H-pyrrole nitrogens is 2. The van der Waals surface area contributed by atoms with Crippen molar-refractivity contribution in [1.82, 2.24) is 20.2 Å². The van der Waals surface area contributed by atoms with Gasteiger partial charge in [0.15, 0.2) is 5.15 Å². The quantitative estimate of drug-likeness (QED) is 0.892. The highest BCUT2D eigenvalue weighted by Gasteiger charge is 2.08. The first-order chi connectivity index (χ1) is 9.11. The number of allylic oxidation sites excluding steroid dienone is 1. The van der Waals surface area contributed by atoms with Gasteiger partial charge in [0, 0.05) is 11.8 Å². The Balaban J connectivity index is 2.54. The molecule has 0 aliphatic rings. The van der Waals surface area contributed by atoms with Crippen molar-refractivity contribution in [2.24, 2.45) is 0 Å². The molecule has 0 radical (unpaired) electrons. The molecule has 0 saturated carbocycles. The first-order valence-electron chi connectivity index (χ1n) is 5.64. The zero-order chi connectivity index (χ0) is 13.8. The summed E-state index contributed by atoms with van der Waals surface area (Å²) in [5, 5.41) is 7.90. The Morgan fingerprint density at radius 1 is 1.37 bits per heavy atom. The van der Waals surface area contributed by atoms with Crippen LogP contribution in [0.5, 0.6) is 0 Å². The van der Waals surface area contributed by atoms with Crippen molar-refractivity contribution in [3.05, 3.63) is 49.9 Å². The summed E-state index contributed by atoms with van der Waals surface area (Å²) in [5.41, 5.74) is 0.152. The second-order valence-corrected chi connectivity index (χ2v) is 4.13. The van der Waals surface area contributed by atoms with Crippen LogP contribution in [0.2, 0.25) is 5.15 Å². The van der Waals surface area contributed by atoms with Crippen LogP contribution in [0.15, 0.2) is 27.9 Å². The molecule has 2 aromatic heterocycles. The molecule has 0 aliphatic heterocycles. The van der Waals surface area contributed by atoms with Crippen molar-refractivity contribution in [2.45, 2.75) is 13.3 Å². The molecule has 6 nitrogen and oxygen atoms in total. The van der Waals surface area contributed by atoms with Crippen LogP contribution in [-0.4, -0.2) is 20.2 Å². The number of hydrogen-bond donors (Lipinski definition) is 2. The van der Waals surface area contributed by atoms with Crippen LogP contribution >= 0.6 is 11.6 Å². The third-order valence-electron chi connectivity index (χ3n) is 2.40. The second-order valence-electron chi connectivity index (χ2n) is 3.77. The van der Waals surface area contributed by atoms with Crippen molar-refractivity contribution in [2.75, 3.05) is 0 Å². The van der Waals surface area contributed by atoms with Crippen LogP contribution in [0, 0.1) is 0 Å². The number of nitrogens with one attached hydrogen (secondary N) is 2. The van der Waals surface area contributed by atoms with Gasteiger partial charge in [-0.3, -0.25) is 9.78 Å². The summed E-state index contributed by atoms with van der Waals surface area (Å²) in [6, 6.07) is 1.64. The molecule has 2 heterocycles. The van der Waals surface area contributed by atoms with E-state index in [1.807, 2.05) is 13.0 Å². The van der Waals surface area contributed by atoms with Crippen molar-refractivity contribution in [3.63, 3.8) is 0 Å². The normalized spacial score (nSPS) is 11.1. The largest absolute Gasteiger partial charge is 0.325 e. The van der Waals surface area contributed by atoms with Gasteiger partial charge in [-0.05, 0) is 12.5 Å². The van der Waals surface area contributed by atoms with E-state index in [9.17, 15) is 9.59 Å². The lowest BCUT2D eigenvalue weighted by Crippen LogP contribution is -2.22. The number of hydrogen-bond acceptors (Lipinski definition) is 4. The van der Waals surface area contributed by atoms with Gasteiger partial charge in [0.25, 0.3) is 5.56 Å². The summed E-state index contributed by atoms with van der Waals surface area (Å²) in [7, 11) is 0. The molecule has 0 bridgehead atoms. The zero-order valence-corrected chi connectivity index (χ0v) is 10.9. The van der Waals surface area contributed by atoms with E-state index in [1.54, 1.807) is 12.1 Å². The smallest absolute Gasteiger partial charge is 0.313 e. The van der Waals surface area contributed by atoms with E-state index in [1.165, 1.54) is 6.20 Å². The third-order valence-corrected chi connectivity index (χ3v) is 2.70. The van der Waals surface area contributed by atoms with Gasteiger partial charge >= 0.3 is 5.69 Å². The number of halogens is 1. The highest BCUT2D eigenvalue weighted by Crippen LogP contribution is 2.19. The maximum Gasteiger partial charge on any atom is 0.325 e. The Morgan fingerprint density at radius 3 is 2.84 bits per heavy atom. The Hall–Kier alpha value is -2.21. The Labute approximate surface area is 113 Å². The van der Waals surface area contributed by atoms with Gasteiger partial charge in [0.2, 0.25) is 0 Å². The number of rotatable bonds is 3. The molecule has 0 atom stereocenters. The monoisotopic (exact) mass is 278 g/mol. The molecule has 0 fully saturated rings. The first-order valence-corrected chi connectivity index (χ1v) is 6.01. The lowest BCUT2D eigenvalue weighted by Gasteiger charge is -2.01. The van der Waals surface area contributed by atoms with Crippen LogP contribution in [0.3, 0.4) is 0 Å². The summed E-state index contributed by atoms with van der Waals surface area (Å²) >= 11 is 5.92. The highest BCUT2D eigenvalue weighted by molar-refractivity contribution is 6.30. The molecule has 0 aliphatic carbocycles. The van der Waals surface area contributed by atoms with Gasteiger partial charge in [-0.15, -0.1) is 10.2 Å². The Morgan fingerprint density at radius 2 is 2.16 bits per heavy atom. The standard InChI is InChI=1S/C12H11ClN4O2/c1-2-3-4-7-5-9(16-17-10(7)13)8-6-14-12(19)15-11(8)18/h3-6H,2H2,1H3,(H2,14,15,18,19)/b4-3+. The zero-order valence-electron chi connectivity index (χ0n) is 10.1. The molecule has 2 aromatic rings. The lowest BCUT2D eigenvalue weighted by molar-refractivity contribution is 1.00. The van der Waals surface area contributed by atoms with Crippen molar-refractivity contribution >= 4 is 17.7 Å². The minimum absolute atomic E-state index is 0.231. The van der Waals surface area contributed by atoms with Gasteiger partial charge < -0.3 is 4.98 Å². The maximum absolute atomic E-state index is 11.7. The summed E-state index contributed by atoms with van der Waals surface area (Å²) in [6.45, 7) is 1.99. The Kier molecular flexibility index (Phi) is 3.91. The fourth-order valence-electron chi connectivity index (χ4n) is 1.48. The average molecular weight is 279 g/mol. The molecule has 98 valence electrons. The molecule has 0 amide bonds. The van der Waals surface area contributed by atoms with Crippen LogP contribution in [0.1, 0.15) is 18.9 Å². The molecule has 7 heteroatoms. The van der Waals surface area contributed by atoms with Gasteiger partial charge in [-0.2, -0.15) is 0 Å². The Bertz CT molecular complexity index is 733. The van der Waals surface area contributed by atoms with Crippen molar-refractivity contribution in [1.29, 1.82) is 0 Å². The predicted molar refractivity (Wildman–Crippen MR) is 73.0 cm³/mol. The number of nitrogens with zero attached hydrogens (tertiary/aromatic N) is 2. The van der Waals surface area contributed by atoms with E-state index in [-0.39, 0.29) is 10.7 Å². The predicted octanol–water partition coefficient (Wildman–Crippen LogP) is 1.60. The lowest BCUT2D eigenvalue weighted by atomic mass is 10.1. The van der Waals surface area contributed by atoms with Crippen LogP contribution in [0.4, 0.5) is 0 Å². The summed E-state index contributed by atoms with van der Waals surface area (Å²) in [4.78, 5) is 27.1. The molecule has 0 spiro atoms. The van der Waals surface area contributed by atoms with Crippen molar-refractivity contribution in [3.8, 4) is 11.3 Å². The van der Waals surface area contributed by atoms with Crippen molar-refractivity contribution < 1.29 is 0 Å². The molecule has 19 heavy (non-hydrogen) atoms. The van der Waals surface area contributed by atoms with Gasteiger partial charge in [0.1, 0.15) is 5.69 Å². The highest BCUT2D eigenvalue weighted by atomic mass is 35.5. The second kappa shape index (κ2) is 5.62. The number of aromatic nitrogens is 4. The SMILES string of the molecule is CC/C=C/c1cc(-c2c[nH]c(=O)[nH]c2=O)nnc1Cl. The van der Waals surface area contributed by atoms with E-state index in [0.717, 1.165) is 6.42 Å². The average Bonchev–Trinajstić information content (AvgIpc) is 2.38. The van der Waals surface area contributed by atoms with Gasteiger partial charge in [-0.25, -0.2) is 4.79 Å². The summed E-state index contributed by atoms with van der Waals surface area (Å²) in [5.74, 6) is 0. The topological polar surface area (TPSA) is 91.5 Å². The molecule has 2 rings (SSSR count).